The summed E-state index contributed by atoms with van der Waals surface area (Å²) in [6.45, 7) is 0.833. The first-order chi connectivity index (χ1) is 12.7. The first-order valence-electron chi connectivity index (χ1n) is 8.63. The van der Waals surface area contributed by atoms with Crippen LogP contribution in [-0.2, 0) is 6.42 Å². The van der Waals surface area contributed by atoms with Crippen LogP contribution in [0, 0.1) is 5.82 Å². The van der Waals surface area contributed by atoms with E-state index in [4.69, 9.17) is 21.4 Å². The van der Waals surface area contributed by atoms with Gasteiger partial charge in [-0.25, -0.2) is 9.07 Å². The number of anilines is 1. The number of fused-ring (bicyclic) bond motifs is 1. The molecule has 2 heterocycles. The van der Waals surface area contributed by atoms with Gasteiger partial charge in [-0.3, -0.25) is 0 Å². The zero-order valence-corrected chi connectivity index (χ0v) is 15.2. The maximum Gasteiger partial charge on any atom is 0.148 e. The van der Waals surface area contributed by atoms with Gasteiger partial charge in [-0.05, 0) is 49.6 Å². The number of benzene rings is 2. The van der Waals surface area contributed by atoms with E-state index in [9.17, 15) is 4.39 Å². The lowest BCUT2D eigenvalue weighted by Gasteiger charge is -2.09. The Labute approximate surface area is 156 Å². The summed E-state index contributed by atoms with van der Waals surface area (Å²) in [5.74, 6) is 1.22. The van der Waals surface area contributed by atoms with E-state index >= 15 is 0 Å². The lowest BCUT2D eigenvalue weighted by atomic mass is 10.0. The fourth-order valence-electron chi connectivity index (χ4n) is 3.38. The van der Waals surface area contributed by atoms with Gasteiger partial charge in [0.25, 0.3) is 0 Å². The number of rotatable bonds is 3. The van der Waals surface area contributed by atoms with Crippen molar-refractivity contribution in [1.29, 1.82) is 0 Å². The Balaban J connectivity index is 1.97. The molecule has 6 heteroatoms. The van der Waals surface area contributed by atoms with Gasteiger partial charge >= 0.3 is 0 Å². The summed E-state index contributed by atoms with van der Waals surface area (Å²) in [6.07, 6.45) is 2.96. The second kappa shape index (κ2) is 7.00. The molecular formula is C20H19ClFN3O. The van der Waals surface area contributed by atoms with Gasteiger partial charge in [-0.1, -0.05) is 23.7 Å². The zero-order chi connectivity index (χ0) is 18.1. The molecule has 0 aliphatic carbocycles. The van der Waals surface area contributed by atoms with E-state index in [-0.39, 0.29) is 5.82 Å². The first kappa shape index (κ1) is 16.9. The van der Waals surface area contributed by atoms with E-state index < -0.39 is 0 Å². The lowest BCUT2D eigenvalue weighted by molar-refractivity contribution is 0.416. The zero-order valence-electron chi connectivity index (χ0n) is 14.4. The Morgan fingerprint density at radius 1 is 1.19 bits per heavy atom. The predicted octanol–water partition coefficient (Wildman–Crippen LogP) is 5.09. The smallest absolute Gasteiger partial charge is 0.148 e. The minimum Gasteiger partial charge on any atom is -0.496 e. The summed E-state index contributed by atoms with van der Waals surface area (Å²) in [4.78, 5) is 0. The summed E-state index contributed by atoms with van der Waals surface area (Å²) in [5, 5.41) is 8.79. The molecule has 4 nitrogen and oxygen atoms in total. The number of ether oxygens (including phenoxy) is 1. The molecule has 4 rings (SSSR count). The normalized spacial score (nSPS) is 13.7. The van der Waals surface area contributed by atoms with Crippen LogP contribution in [0.15, 0.2) is 42.5 Å². The molecule has 0 spiro atoms. The molecule has 0 unspecified atom stereocenters. The number of nitrogens with one attached hydrogen (secondary N) is 1. The summed E-state index contributed by atoms with van der Waals surface area (Å²) < 4.78 is 21.6. The van der Waals surface area contributed by atoms with Crippen LogP contribution in [0.3, 0.4) is 0 Å². The number of para-hydroxylation sites is 1. The second-order valence-corrected chi connectivity index (χ2v) is 6.70. The van der Waals surface area contributed by atoms with Crippen LogP contribution in [-0.4, -0.2) is 23.4 Å². The molecule has 0 saturated heterocycles. The Hall–Kier alpha value is -2.53. The highest BCUT2D eigenvalue weighted by Crippen LogP contribution is 2.39. The molecule has 3 aromatic rings. The predicted molar refractivity (Wildman–Crippen MR) is 102 cm³/mol. The van der Waals surface area contributed by atoms with Crippen molar-refractivity contribution in [2.45, 2.75) is 19.3 Å². The van der Waals surface area contributed by atoms with Gasteiger partial charge in [-0.2, -0.15) is 5.10 Å². The molecule has 1 aromatic heterocycles. The molecule has 2 aromatic carbocycles. The molecule has 0 saturated carbocycles. The number of methoxy groups -OCH3 is 1. The quantitative estimate of drug-likeness (QED) is 0.697. The van der Waals surface area contributed by atoms with E-state index in [0.29, 0.717) is 16.5 Å². The highest BCUT2D eigenvalue weighted by molar-refractivity contribution is 6.31. The summed E-state index contributed by atoms with van der Waals surface area (Å²) >= 11 is 6.22. The summed E-state index contributed by atoms with van der Waals surface area (Å²) in [7, 11) is 1.62. The largest absolute Gasteiger partial charge is 0.496 e. The average Bonchev–Trinajstić information content (AvgIpc) is 2.83. The van der Waals surface area contributed by atoms with Crippen molar-refractivity contribution in [3.63, 3.8) is 0 Å². The van der Waals surface area contributed by atoms with Crippen molar-refractivity contribution in [1.82, 2.24) is 9.78 Å². The van der Waals surface area contributed by atoms with E-state index in [1.54, 1.807) is 30.0 Å². The topological polar surface area (TPSA) is 39.1 Å². The minimum absolute atomic E-state index is 0.312. The van der Waals surface area contributed by atoms with E-state index in [0.717, 1.165) is 48.4 Å². The number of nitrogens with zero attached hydrogens (tertiary/aromatic N) is 2. The molecule has 26 heavy (non-hydrogen) atoms. The molecule has 0 atom stereocenters. The minimum atomic E-state index is -0.312. The van der Waals surface area contributed by atoms with Gasteiger partial charge in [-0.15, -0.1) is 0 Å². The molecule has 0 bridgehead atoms. The first-order valence-corrected chi connectivity index (χ1v) is 9.01. The molecule has 0 fully saturated rings. The van der Waals surface area contributed by atoms with E-state index in [1.165, 1.54) is 6.07 Å². The second-order valence-electron chi connectivity index (χ2n) is 6.27. The van der Waals surface area contributed by atoms with Crippen molar-refractivity contribution in [2.24, 2.45) is 0 Å². The van der Waals surface area contributed by atoms with Gasteiger partial charge in [0.2, 0.25) is 0 Å². The van der Waals surface area contributed by atoms with Gasteiger partial charge in [0, 0.05) is 22.7 Å². The Morgan fingerprint density at radius 3 is 2.85 bits per heavy atom. The van der Waals surface area contributed by atoms with Crippen molar-refractivity contribution in [2.75, 3.05) is 19.0 Å². The molecular weight excluding hydrogens is 353 g/mol. The monoisotopic (exact) mass is 371 g/mol. The molecule has 1 aliphatic heterocycles. The van der Waals surface area contributed by atoms with Crippen molar-refractivity contribution >= 4 is 17.4 Å². The number of aromatic nitrogens is 2. The van der Waals surface area contributed by atoms with Crippen LogP contribution in [0.2, 0.25) is 5.02 Å². The van der Waals surface area contributed by atoms with Crippen molar-refractivity contribution in [3.05, 3.63) is 58.9 Å². The third-order valence-electron chi connectivity index (χ3n) is 4.63. The average molecular weight is 372 g/mol. The van der Waals surface area contributed by atoms with Crippen LogP contribution in [0.1, 0.15) is 18.4 Å². The van der Waals surface area contributed by atoms with Gasteiger partial charge in [0.05, 0.1) is 7.11 Å². The maximum atomic E-state index is 14.4. The van der Waals surface area contributed by atoms with Crippen LogP contribution in [0.5, 0.6) is 5.75 Å². The Morgan fingerprint density at radius 2 is 2.04 bits per heavy atom. The fraction of sp³-hybridized carbons (Fsp3) is 0.250. The molecule has 134 valence electrons. The number of hydrogen-bond acceptors (Lipinski definition) is 3. The van der Waals surface area contributed by atoms with Crippen LogP contribution in [0.4, 0.5) is 10.2 Å². The number of hydrogen-bond donors (Lipinski definition) is 1. The maximum absolute atomic E-state index is 14.4. The van der Waals surface area contributed by atoms with Gasteiger partial charge < -0.3 is 10.1 Å². The summed E-state index contributed by atoms with van der Waals surface area (Å²) in [5.41, 5.74) is 3.07. The Kier molecular flexibility index (Phi) is 4.55. The molecule has 0 radical (unpaired) electrons. The Bertz CT molecular complexity index is 954. The van der Waals surface area contributed by atoms with Crippen LogP contribution in [0.25, 0.3) is 16.9 Å². The van der Waals surface area contributed by atoms with Crippen molar-refractivity contribution in [3.8, 4) is 22.7 Å². The fourth-order valence-corrected chi connectivity index (χ4v) is 3.55. The van der Waals surface area contributed by atoms with Crippen molar-refractivity contribution < 1.29 is 9.13 Å². The van der Waals surface area contributed by atoms with Crippen LogP contribution >= 0.6 is 11.6 Å². The third kappa shape index (κ3) is 2.92. The highest BCUT2D eigenvalue weighted by Gasteiger charge is 2.24. The summed E-state index contributed by atoms with van der Waals surface area (Å²) in [6, 6.07) is 12.1. The lowest BCUT2D eigenvalue weighted by Crippen LogP contribution is -2.08. The SMILES string of the molecule is COc1ccc(Cl)cc1-c1nn(-c2ccccc2F)c2c1CCCCN2. The van der Waals surface area contributed by atoms with E-state index in [1.807, 2.05) is 18.2 Å². The highest BCUT2D eigenvalue weighted by atomic mass is 35.5. The molecule has 1 aliphatic rings. The number of halogens is 2. The standard InChI is InChI=1S/C20H19ClFN3O/c1-26-18-10-9-13(21)12-15(18)19-14-6-4-5-11-23-20(14)25(24-19)17-8-3-2-7-16(17)22/h2-3,7-10,12,23H,4-6,11H2,1H3. The van der Waals surface area contributed by atoms with Gasteiger partial charge in [0.15, 0.2) is 0 Å². The van der Waals surface area contributed by atoms with Crippen LogP contribution < -0.4 is 10.1 Å². The van der Waals surface area contributed by atoms with Gasteiger partial charge in [0.1, 0.15) is 28.8 Å². The molecule has 0 amide bonds. The van der Waals surface area contributed by atoms with E-state index in [2.05, 4.69) is 5.32 Å². The molecule has 1 N–H and O–H groups in total. The third-order valence-corrected chi connectivity index (χ3v) is 4.86.